The van der Waals surface area contributed by atoms with E-state index < -0.39 is 10.7 Å². The monoisotopic (exact) mass is 510 g/mol. The van der Waals surface area contributed by atoms with Gasteiger partial charge in [-0.05, 0) is 71.1 Å². The van der Waals surface area contributed by atoms with Crippen molar-refractivity contribution < 1.29 is 19.2 Å². The molecule has 0 radical (unpaired) electrons. The molecule has 0 bridgehead atoms. The van der Waals surface area contributed by atoms with E-state index in [2.05, 4.69) is 20.0 Å². The van der Waals surface area contributed by atoms with Gasteiger partial charge in [0.2, 0.25) is 5.88 Å². The van der Waals surface area contributed by atoms with Gasteiger partial charge in [-0.2, -0.15) is 0 Å². The van der Waals surface area contributed by atoms with Crippen molar-refractivity contribution >= 4 is 23.5 Å². The van der Waals surface area contributed by atoms with Crippen LogP contribution in [0.25, 0.3) is 0 Å². The molecule has 4 rings (SSSR count). The van der Waals surface area contributed by atoms with Gasteiger partial charge in [0.25, 0.3) is 0 Å². The average molecular weight is 511 g/mol. The van der Waals surface area contributed by atoms with Crippen LogP contribution in [0.5, 0.6) is 5.88 Å². The van der Waals surface area contributed by atoms with Crippen LogP contribution in [0.15, 0.2) is 46.1 Å². The first kappa shape index (κ1) is 26.0. The van der Waals surface area contributed by atoms with E-state index >= 15 is 0 Å². The van der Waals surface area contributed by atoms with Crippen molar-refractivity contribution in [1.29, 1.82) is 0 Å². The molecule has 1 saturated carbocycles. The highest BCUT2D eigenvalue weighted by molar-refractivity contribution is 8.01. The molecule has 1 aliphatic rings. The Bertz CT molecular complexity index is 1150. The van der Waals surface area contributed by atoms with E-state index in [4.69, 9.17) is 9.26 Å². The third-order valence-corrected chi connectivity index (χ3v) is 7.70. The Morgan fingerprint density at radius 1 is 1.14 bits per heavy atom. The van der Waals surface area contributed by atoms with Crippen LogP contribution in [0, 0.1) is 13.8 Å². The molecule has 1 N–H and O–H groups in total. The Kier molecular flexibility index (Phi) is 8.18. The highest BCUT2D eigenvalue weighted by Gasteiger charge is 2.28. The molecule has 2 aromatic heterocycles. The molecule has 0 unspecified atom stereocenters. The van der Waals surface area contributed by atoms with Crippen molar-refractivity contribution in [3.63, 3.8) is 0 Å². The van der Waals surface area contributed by atoms with Crippen LogP contribution in [-0.4, -0.2) is 37.1 Å². The van der Waals surface area contributed by atoms with Crippen LogP contribution in [0.2, 0.25) is 0 Å². The quantitative estimate of drug-likeness (QED) is 0.331. The van der Waals surface area contributed by atoms with Gasteiger partial charge in [-0.3, -0.25) is 4.79 Å². The third-order valence-electron chi connectivity index (χ3n) is 6.51. The molecule has 1 aliphatic carbocycles. The topological polar surface area (TPSA) is 102 Å². The summed E-state index contributed by atoms with van der Waals surface area (Å²) in [7, 11) is 0. The maximum absolute atomic E-state index is 11.5. The molecular weight excluding hydrogens is 476 g/mol. The minimum Gasteiger partial charge on any atom is -0.480 e. The Balaban J connectivity index is 1.56. The van der Waals surface area contributed by atoms with E-state index in [1.54, 1.807) is 20.2 Å². The maximum atomic E-state index is 11.5. The zero-order valence-electron chi connectivity index (χ0n) is 21.4. The number of ether oxygens (including phenoxy) is 1. The average Bonchev–Trinajstić information content (AvgIpc) is 3.17. The first-order valence-corrected chi connectivity index (χ1v) is 13.2. The van der Waals surface area contributed by atoms with E-state index in [1.807, 2.05) is 44.2 Å². The molecule has 9 heteroatoms. The highest BCUT2D eigenvalue weighted by Crippen LogP contribution is 2.33. The zero-order chi connectivity index (χ0) is 25.7. The summed E-state index contributed by atoms with van der Waals surface area (Å²) in [6.45, 7) is 8.45. The number of hydrogen-bond donors (Lipinski definition) is 1. The smallest absolute Gasteiger partial charge is 0.319 e. The van der Waals surface area contributed by atoms with Crippen LogP contribution < -0.4 is 9.64 Å². The van der Waals surface area contributed by atoms with Gasteiger partial charge in [0.1, 0.15) is 28.8 Å². The standard InChI is InChI=1S/C27H34N4O4S/c1-18-23(19(2)35-30-18)16-31(15-20-10-12-22(13-11-20)36-27(3,4)26(32)33)24-14-25(29-17-28-24)34-21-8-6-5-7-9-21/h10-14,17,21H,5-9,15-16H2,1-4H3,(H,32,33). The summed E-state index contributed by atoms with van der Waals surface area (Å²) in [4.78, 5) is 23.5. The van der Waals surface area contributed by atoms with E-state index in [9.17, 15) is 9.90 Å². The summed E-state index contributed by atoms with van der Waals surface area (Å²) in [6.07, 6.45) is 7.54. The van der Waals surface area contributed by atoms with Crippen molar-refractivity contribution in [2.75, 3.05) is 4.90 Å². The largest absolute Gasteiger partial charge is 0.480 e. The van der Waals surface area contributed by atoms with Crippen LogP contribution in [0.1, 0.15) is 68.5 Å². The molecule has 0 saturated heterocycles. The summed E-state index contributed by atoms with van der Waals surface area (Å²) in [5.74, 6) is 1.31. The Hall–Kier alpha value is -3.07. The number of benzene rings is 1. The van der Waals surface area contributed by atoms with Crippen LogP contribution in [0.3, 0.4) is 0 Å². The number of thioether (sulfide) groups is 1. The fourth-order valence-electron chi connectivity index (χ4n) is 4.28. The molecule has 0 atom stereocenters. The van der Waals surface area contributed by atoms with Crippen molar-refractivity contribution in [3.05, 3.63) is 59.2 Å². The number of carboxylic acids is 1. The highest BCUT2D eigenvalue weighted by atomic mass is 32.2. The fraction of sp³-hybridized carbons (Fsp3) is 0.481. The Morgan fingerprint density at radius 2 is 1.86 bits per heavy atom. The zero-order valence-corrected chi connectivity index (χ0v) is 22.2. The number of rotatable bonds is 10. The second-order valence-corrected chi connectivity index (χ2v) is 11.5. The molecule has 1 aromatic carbocycles. The number of aromatic nitrogens is 3. The summed E-state index contributed by atoms with van der Waals surface area (Å²) in [5.41, 5.74) is 2.96. The lowest BCUT2D eigenvalue weighted by Gasteiger charge is -2.26. The lowest BCUT2D eigenvalue weighted by molar-refractivity contribution is -0.138. The van der Waals surface area contributed by atoms with Crippen LogP contribution >= 0.6 is 11.8 Å². The minimum absolute atomic E-state index is 0.206. The molecule has 0 amide bonds. The van der Waals surface area contributed by atoms with Gasteiger partial charge in [-0.25, -0.2) is 9.97 Å². The van der Waals surface area contributed by atoms with Crippen LogP contribution in [0.4, 0.5) is 5.82 Å². The van der Waals surface area contributed by atoms with Gasteiger partial charge in [0.15, 0.2) is 0 Å². The van der Waals surface area contributed by atoms with Gasteiger partial charge in [0.05, 0.1) is 12.2 Å². The molecule has 8 nitrogen and oxygen atoms in total. The number of hydrogen-bond acceptors (Lipinski definition) is 8. The van der Waals surface area contributed by atoms with Crippen molar-refractivity contribution in [2.24, 2.45) is 0 Å². The fourth-order valence-corrected chi connectivity index (χ4v) is 5.23. The normalized spacial score (nSPS) is 14.6. The summed E-state index contributed by atoms with van der Waals surface area (Å²) in [5, 5.41) is 13.5. The number of carboxylic acid groups (broad SMARTS) is 1. The number of nitrogens with zero attached hydrogens (tertiary/aromatic N) is 4. The lowest BCUT2D eigenvalue weighted by Crippen LogP contribution is -2.26. The number of anilines is 1. The first-order chi connectivity index (χ1) is 17.2. The van der Waals surface area contributed by atoms with E-state index in [0.29, 0.717) is 19.0 Å². The minimum atomic E-state index is -0.896. The summed E-state index contributed by atoms with van der Waals surface area (Å²) in [6, 6.07) is 9.90. The summed E-state index contributed by atoms with van der Waals surface area (Å²) >= 11 is 1.33. The lowest BCUT2D eigenvalue weighted by atomic mass is 9.98. The summed E-state index contributed by atoms with van der Waals surface area (Å²) < 4.78 is 10.7. The van der Waals surface area contributed by atoms with E-state index in [0.717, 1.165) is 46.1 Å². The SMILES string of the molecule is Cc1noc(C)c1CN(Cc1ccc(SC(C)(C)C(=O)O)cc1)c1cc(OC2CCCCC2)ncn1. The van der Waals surface area contributed by atoms with Crippen molar-refractivity contribution in [3.8, 4) is 5.88 Å². The van der Waals surface area contributed by atoms with Gasteiger partial charge in [-0.15, -0.1) is 11.8 Å². The second kappa shape index (κ2) is 11.3. The van der Waals surface area contributed by atoms with E-state index in [1.165, 1.54) is 31.0 Å². The van der Waals surface area contributed by atoms with Gasteiger partial charge in [0, 0.05) is 23.1 Å². The predicted molar refractivity (Wildman–Crippen MR) is 139 cm³/mol. The number of aliphatic carboxylic acids is 1. The Morgan fingerprint density at radius 3 is 2.50 bits per heavy atom. The molecule has 0 spiro atoms. The van der Waals surface area contributed by atoms with Crippen LogP contribution in [-0.2, 0) is 17.9 Å². The predicted octanol–water partition coefficient (Wildman–Crippen LogP) is 5.96. The van der Waals surface area contributed by atoms with Gasteiger partial charge >= 0.3 is 5.97 Å². The number of aryl methyl sites for hydroxylation is 2. The first-order valence-electron chi connectivity index (χ1n) is 12.4. The Labute approximate surface area is 216 Å². The molecule has 1 fully saturated rings. The maximum Gasteiger partial charge on any atom is 0.319 e. The van der Waals surface area contributed by atoms with Gasteiger partial charge in [-0.1, -0.05) is 23.7 Å². The molecule has 36 heavy (non-hydrogen) atoms. The molecule has 2 heterocycles. The van der Waals surface area contributed by atoms with Crippen molar-refractivity contribution in [2.45, 2.75) is 88.6 Å². The molecule has 0 aliphatic heterocycles. The molecular formula is C27H34N4O4S. The van der Waals surface area contributed by atoms with E-state index in [-0.39, 0.29) is 6.10 Å². The third kappa shape index (κ3) is 6.57. The number of carbonyl (C=O) groups is 1. The second-order valence-electron chi connectivity index (χ2n) is 9.81. The van der Waals surface area contributed by atoms with Gasteiger partial charge < -0.3 is 19.3 Å². The molecule has 3 aromatic rings. The van der Waals surface area contributed by atoms with Crippen molar-refractivity contribution in [1.82, 2.24) is 15.1 Å². The molecule has 192 valence electrons.